The van der Waals surface area contributed by atoms with Gasteiger partial charge in [0.1, 0.15) is 5.52 Å². The Morgan fingerprint density at radius 1 is 1.23 bits per heavy atom. The monoisotopic (exact) mass is 314 g/mol. The molecule has 0 bridgehead atoms. The number of nitrogens with one attached hydrogen (secondary N) is 1. The summed E-state index contributed by atoms with van der Waals surface area (Å²) in [6.07, 6.45) is 0. The normalized spacial score (nSPS) is 11.1. The van der Waals surface area contributed by atoms with Crippen LogP contribution < -0.4 is 5.32 Å². The van der Waals surface area contributed by atoms with Gasteiger partial charge in [-0.1, -0.05) is 37.6 Å². The lowest BCUT2D eigenvalue weighted by Crippen LogP contribution is -2.17. The Labute approximate surface area is 133 Å². The molecule has 1 N–H and O–H groups in total. The lowest BCUT2D eigenvalue weighted by atomic mass is 10.1. The molecular formula is C17H15ClN2O2. The van der Waals surface area contributed by atoms with Gasteiger partial charge in [0.2, 0.25) is 11.8 Å². The zero-order chi connectivity index (χ0) is 15.7. The summed E-state index contributed by atoms with van der Waals surface area (Å²) in [6, 6.07) is 12.8. The van der Waals surface area contributed by atoms with Crippen molar-refractivity contribution in [2.45, 2.75) is 13.8 Å². The van der Waals surface area contributed by atoms with Gasteiger partial charge in [-0.3, -0.25) is 4.79 Å². The Morgan fingerprint density at radius 3 is 2.68 bits per heavy atom. The van der Waals surface area contributed by atoms with Gasteiger partial charge in [0, 0.05) is 11.6 Å². The summed E-state index contributed by atoms with van der Waals surface area (Å²) in [5.74, 6) is 0.328. The van der Waals surface area contributed by atoms with Crippen LogP contribution in [0.15, 0.2) is 46.9 Å². The Balaban J connectivity index is 1.93. The van der Waals surface area contributed by atoms with E-state index < -0.39 is 0 Å². The maximum Gasteiger partial charge on any atom is 0.228 e. The van der Waals surface area contributed by atoms with Crippen LogP contribution in [0.5, 0.6) is 0 Å². The summed E-state index contributed by atoms with van der Waals surface area (Å²) in [5, 5.41) is 3.29. The molecule has 22 heavy (non-hydrogen) atoms. The van der Waals surface area contributed by atoms with Crippen LogP contribution in [0.1, 0.15) is 13.8 Å². The number of halogens is 1. The Kier molecular flexibility index (Phi) is 3.86. The van der Waals surface area contributed by atoms with Gasteiger partial charge in [0.25, 0.3) is 0 Å². The highest BCUT2D eigenvalue weighted by Gasteiger charge is 2.13. The molecule has 0 spiro atoms. The number of benzene rings is 2. The molecule has 0 aliphatic carbocycles. The highest BCUT2D eigenvalue weighted by molar-refractivity contribution is 6.33. The van der Waals surface area contributed by atoms with Crippen LogP contribution in [0, 0.1) is 5.92 Å². The molecule has 1 heterocycles. The van der Waals surface area contributed by atoms with E-state index in [4.69, 9.17) is 16.0 Å². The Bertz CT molecular complexity index is 807. The fraction of sp³-hybridized carbons (Fsp3) is 0.176. The van der Waals surface area contributed by atoms with Gasteiger partial charge in [-0.05, 0) is 30.3 Å². The number of nitrogens with zero attached hydrogens (tertiary/aromatic N) is 1. The van der Waals surface area contributed by atoms with Crippen molar-refractivity contribution in [3.05, 3.63) is 47.5 Å². The van der Waals surface area contributed by atoms with E-state index in [1.54, 1.807) is 18.2 Å². The van der Waals surface area contributed by atoms with E-state index in [-0.39, 0.29) is 11.8 Å². The molecule has 0 aliphatic heterocycles. The number of para-hydroxylation sites is 2. The average Bonchev–Trinajstić information content (AvgIpc) is 2.90. The van der Waals surface area contributed by atoms with Crippen LogP contribution in [0.25, 0.3) is 22.6 Å². The SMILES string of the molecule is CC(C)C(=O)Nc1ccc(-c2nc3ccccc3o2)c(Cl)c1. The van der Waals surface area contributed by atoms with Crippen molar-refractivity contribution in [2.24, 2.45) is 5.92 Å². The summed E-state index contributed by atoms with van der Waals surface area (Å²) in [6.45, 7) is 3.67. The quantitative estimate of drug-likeness (QED) is 0.759. The number of amides is 1. The number of oxazole rings is 1. The van der Waals surface area contributed by atoms with Gasteiger partial charge in [-0.2, -0.15) is 0 Å². The van der Waals surface area contributed by atoms with Crippen molar-refractivity contribution in [1.82, 2.24) is 4.98 Å². The summed E-state index contributed by atoms with van der Waals surface area (Å²) in [7, 11) is 0. The predicted octanol–water partition coefficient (Wildman–Crippen LogP) is 4.74. The minimum absolute atomic E-state index is 0.0503. The third kappa shape index (κ3) is 2.83. The number of hydrogen-bond acceptors (Lipinski definition) is 3. The van der Waals surface area contributed by atoms with E-state index in [2.05, 4.69) is 10.3 Å². The Morgan fingerprint density at radius 2 is 2.00 bits per heavy atom. The molecule has 0 aliphatic rings. The number of anilines is 1. The number of aromatic nitrogens is 1. The molecule has 0 unspecified atom stereocenters. The maximum atomic E-state index is 11.7. The van der Waals surface area contributed by atoms with Crippen molar-refractivity contribution < 1.29 is 9.21 Å². The molecule has 2 aromatic carbocycles. The number of carbonyl (C=O) groups is 1. The summed E-state index contributed by atoms with van der Waals surface area (Å²) < 4.78 is 5.71. The van der Waals surface area contributed by atoms with Crippen molar-refractivity contribution in [3.8, 4) is 11.5 Å². The molecule has 4 nitrogen and oxygen atoms in total. The average molecular weight is 315 g/mol. The van der Waals surface area contributed by atoms with Gasteiger partial charge in [0.05, 0.1) is 10.6 Å². The lowest BCUT2D eigenvalue weighted by molar-refractivity contribution is -0.118. The van der Waals surface area contributed by atoms with E-state index >= 15 is 0 Å². The number of carbonyl (C=O) groups excluding carboxylic acids is 1. The molecular weight excluding hydrogens is 300 g/mol. The second kappa shape index (κ2) is 5.81. The number of hydrogen-bond donors (Lipinski definition) is 1. The summed E-state index contributed by atoms with van der Waals surface area (Å²) >= 11 is 6.30. The van der Waals surface area contributed by atoms with Crippen molar-refractivity contribution in [1.29, 1.82) is 0 Å². The van der Waals surface area contributed by atoms with Crippen LogP contribution >= 0.6 is 11.6 Å². The zero-order valence-electron chi connectivity index (χ0n) is 12.3. The molecule has 0 fully saturated rings. The third-order valence-corrected chi connectivity index (χ3v) is 3.60. The van der Waals surface area contributed by atoms with Crippen LogP contribution in [-0.4, -0.2) is 10.9 Å². The smallest absolute Gasteiger partial charge is 0.228 e. The fourth-order valence-electron chi connectivity index (χ4n) is 2.04. The van der Waals surface area contributed by atoms with Crippen LogP contribution in [-0.2, 0) is 4.79 Å². The summed E-state index contributed by atoms with van der Waals surface area (Å²) in [4.78, 5) is 16.1. The minimum Gasteiger partial charge on any atom is -0.436 e. The van der Waals surface area contributed by atoms with Gasteiger partial charge < -0.3 is 9.73 Å². The molecule has 1 aromatic heterocycles. The van der Waals surface area contributed by atoms with E-state index in [0.717, 1.165) is 5.52 Å². The first-order chi connectivity index (χ1) is 10.5. The van der Waals surface area contributed by atoms with Crippen LogP contribution in [0.4, 0.5) is 5.69 Å². The summed E-state index contributed by atoms with van der Waals surface area (Å²) in [5.41, 5.74) is 2.85. The fourth-order valence-corrected chi connectivity index (χ4v) is 2.30. The standard InChI is InChI=1S/C17H15ClN2O2/c1-10(2)16(21)19-11-7-8-12(13(18)9-11)17-20-14-5-3-4-6-15(14)22-17/h3-10H,1-2H3,(H,19,21). The Hall–Kier alpha value is -2.33. The highest BCUT2D eigenvalue weighted by Crippen LogP contribution is 2.32. The predicted molar refractivity (Wildman–Crippen MR) is 87.9 cm³/mol. The van der Waals surface area contributed by atoms with Gasteiger partial charge in [-0.15, -0.1) is 0 Å². The van der Waals surface area contributed by atoms with E-state index in [0.29, 0.717) is 27.7 Å². The molecule has 0 saturated carbocycles. The topological polar surface area (TPSA) is 55.1 Å². The molecule has 0 atom stereocenters. The minimum atomic E-state index is -0.0875. The van der Waals surface area contributed by atoms with Gasteiger partial charge in [-0.25, -0.2) is 4.98 Å². The molecule has 0 saturated heterocycles. The molecule has 1 amide bonds. The van der Waals surface area contributed by atoms with E-state index in [1.807, 2.05) is 38.1 Å². The van der Waals surface area contributed by atoms with E-state index in [9.17, 15) is 4.79 Å². The van der Waals surface area contributed by atoms with Crippen molar-refractivity contribution in [3.63, 3.8) is 0 Å². The van der Waals surface area contributed by atoms with Crippen LogP contribution in [0.3, 0.4) is 0 Å². The molecule has 0 radical (unpaired) electrons. The number of fused-ring (bicyclic) bond motifs is 1. The molecule has 3 rings (SSSR count). The van der Waals surface area contributed by atoms with Crippen molar-refractivity contribution >= 4 is 34.3 Å². The lowest BCUT2D eigenvalue weighted by Gasteiger charge is -2.09. The third-order valence-electron chi connectivity index (χ3n) is 3.29. The first kappa shape index (κ1) is 14.6. The number of rotatable bonds is 3. The van der Waals surface area contributed by atoms with Gasteiger partial charge in [0.15, 0.2) is 5.58 Å². The second-order valence-corrected chi connectivity index (χ2v) is 5.73. The first-order valence-corrected chi connectivity index (χ1v) is 7.39. The van der Waals surface area contributed by atoms with Crippen molar-refractivity contribution in [2.75, 3.05) is 5.32 Å². The first-order valence-electron chi connectivity index (χ1n) is 7.01. The molecule has 112 valence electrons. The second-order valence-electron chi connectivity index (χ2n) is 5.33. The maximum absolute atomic E-state index is 11.7. The largest absolute Gasteiger partial charge is 0.436 e. The van der Waals surface area contributed by atoms with E-state index in [1.165, 1.54) is 0 Å². The molecule has 5 heteroatoms. The van der Waals surface area contributed by atoms with Crippen LogP contribution in [0.2, 0.25) is 5.02 Å². The highest BCUT2D eigenvalue weighted by atomic mass is 35.5. The zero-order valence-corrected chi connectivity index (χ0v) is 13.0. The molecule has 3 aromatic rings. The van der Waals surface area contributed by atoms with Gasteiger partial charge >= 0.3 is 0 Å².